The summed E-state index contributed by atoms with van der Waals surface area (Å²) in [4.78, 5) is 26.2. The average molecular weight is 312 g/mol. The van der Waals surface area contributed by atoms with E-state index in [4.69, 9.17) is 23.8 Å². The minimum Gasteiger partial charge on any atom is -0.345 e. The summed E-state index contributed by atoms with van der Waals surface area (Å²) < 4.78 is 0. The predicted octanol–water partition coefficient (Wildman–Crippen LogP) is 1.13. The minimum absolute atomic E-state index is 0.282. The lowest BCUT2D eigenvalue weighted by Crippen LogP contribution is -2.52. The molecular formula is C13H14ClN3O2S. The van der Waals surface area contributed by atoms with E-state index in [-0.39, 0.29) is 5.91 Å². The molecular weight excluding hydrogens is 298 g/mol. The molecule has 1 heterocycles. The summed E-state index contributed by atoms with van der Waals surface area (Å²) >= 11 is 11.1. The minimum atomic E-state index is -0.282. The van der Waals surface area contributed by atoms with Crippen LogP contribution in [0.2, 0.25) is 5.02 Å². The molecule has 1 N–H and O–H groups in total. The second-order valence-corrected chi connectivity index (χ2v) is 5.22. The molecule has 106 valence electrons. The Balaban J connectivity index is 1.91. The topological polar surface area (TPSA) is 52.7 Å². The number of carbonyl (C=O) groups is 2. The number of thiocarbonyl (C=S) groups is 1. The van der Waals surface area contributed by atoms with E-state index in [9.17, 15) is 9.59 Å². The van der Waals surface area contributed by atoms with Gasteiger partial charge in [-0.3, -0.25) is 14.9 Å². The molecule has 0 aliphatic carbocycles. The van der Waals surface area contributed by atoms with Crippen molar-refractivity contribution in [1.82, 2.24) is 15.1 Å². The third-order valence-corrected chi connectivity index (χ3v) is 3.65. The molecule has 0 atom stereocenters. The third-order valence-electron chi connectivity index (χ3n) is 3.06. The van der Waals surface area contributed by atoms with Crippen LogP contribution in [0.5, 0.6) is 0 Å². The van der Waals surface area contributed by atoms with Gasteiger partial charge in [0.2, 0.25) is 6.41 Å². The lowest BCUT2D eigenvalue weighted by Gasteiger charge is -2.34. The molecule has 0 saturated carbocycles. The van der Waals surface area contributed by atoms with E-state index in [0.29, 0.717) is 41.9 Å². The van der Waals surface area contributed by atoms with Gasteiger partial charge < -0.3 is 9.80 Å². The highest BCUT2D eigenvalue weighted by Gasteiger charge is 2.19. The average Bonchev–Trinajstić information content (AvgIpc) is 2.47. The first-order chi connectivity index (χ1) is 9.60. The molecule has 0 spiro atoms. The van der Waals surface area contributed by atoms with Crippen molar-refractivity contribution in [3.63, 3.8) is 0 Å². The Bertz CT molecular complexity index is 530. The van der Waals surface area contributed by atoms with Gasteiger partial charge in [-0.1, -0.05) is 17.7 Å². The van der Waals surface area contributed by atoms with E-state index in [1.165, 1.54) is 0 Å². The van der Waals surface area contributed by atoms with Gasteiger partial charge in [0.15, 0.2) is 5.11 Å². The molecule has 7 heteroatoms. The maximum absolute atomic E-state index is 12.0. The molecule has 2 amide bonds. The number of halogens is 1. The largest absolute Gasteiger partial charge is 0.345 e. The summed E-state index contributed by atoms with van der Waals surface area (Å²) in [6.45, 7) is 2.45. The number of nitrogens with zero attached hydrogens (tertiary/aromatic N) is 2. The van der Waals surface area contributed by atoms with Crippen molar-refractivity contribution in [2.24, 2.45) is 0 Å². The quantitative estimate of drug-likeness (QED) is 0.657. The molecule has 5 nitrogen and oxygen atoms in total. The molecule has 0 aromatic heterocycles. The summed E-state index contributed by atoms with van der Waals surface area (Å²) in [6, 6.07) is 6.68. The fraction of sp³-hybridized carbons (Fsp3) is 0.308. The molecule has 0 unspecified atom stereocenters. The molecule has 1 saturated heterocycles. The van der Waals surface area contributed by atoms with Crippen LogP contribution in [0.4, 0.5) is 0 Å². The van der Waals surface area contributed by atoms with Crippen LogP contribution in [0, 0.1) is 0 Å². The maximum atomic E-state index is 12.0. The number of piperazine rings is 1. The molecule has 0 bridgehead atoms. The van der Waals surface area contributed by atoms with E-state index in [1.807, 2.05) is 4.90 Å². The number of amides is 2. The van der Waals surface area contributed by atoms with Crippen molar-refractivity contribution < 1.29 is 9.59 Å². The highest BCUT2D eigenvalue weighted by molar-refractivity contribution is 7.80. The summed E-state index contributed by atoms with van der Waals surface area (Å²) in [5, 5.41) is 3.56. The zero-order valence-electron chi connectivity index (χ0n) is 10.7. The first-order valence-corrected chi connectivity index (χ1v) is 6.94. The lowest BCUT2D eigenvalue weighted by molar-refractivity contribution is -0.119. The van der Waals surface area contributed by atoms with Crippen LogP contribution in [-0.2, 0) is 4.79 Å². The predicted molar refractivity (Wildman–Crippen MR) is 80.7 cm³/mol. The van der Waals surface area contributed by atoms with E-state index < -0.39 is 0 Å². The monoisotopic (exact) mass is 311 g/mol. The van der Waals surface area contributed by atoms with Gasteiger partial charge in [-0.2, -0.15) is 0 Å². The van der Waals surface area contributed by atoms with Crippen molar-refractivity contribution in [3.05, 3.63) is 34.9 Å². The van der Waals surface area contributed by atoms with Gasteiger partial charge in [0.1, 0.15) is 0 Å². The molecule has 1 aromatic carbocycles. The normalized spacial score (nSPS) is 14.8. The van der Waals surface area contributed by atoms with Crippen LogP contribution in [0.15, 0.2) is 24.3 Å². The van der Waals surface area contributed by atoms with E-state index in [1.54, 1.807) is 29.2 Å². The van der Waals surface area contributed by atoms with E-state index in [2.05, 4.69) is 5.32 Å². The Labute approximate surface area is 127 Å². The number of hydrogen-bond donors (Lipinski definition) is 1. The van der Waals surface area contributed by atoms with Crippen LogP contribution >= 0.6 is 23.8 Å². The Morgan fingerprint density at radius 2 is 2.00 bits per heavy atom. The number of rotatable bonds is 2. The number of hydrogen-bond acceptors (Lipinski definition) is 3. The second kappa shape index (κ2) is 6.67. The van der Waals surface area contributed by atoms with Gasteiger partial charge in [-0.15, -0.1) is 0 Å². The molecule has 20 heavy (non-hydrogen) atoms. The molecule has 1 aromatic rings. The van der Waals surface area contributed by atoms with Gasteiger partial charge in [0, 0.05) is 36.8 Å². The summed E-state index contributed by atoms with van der Waals surface area (Å²) in [7, 11) is 0. The van der Waals surface area contributed by atoms with E-state index in [0.717, 1.165) is 6.41 Å². The van der Waals surface area contributed by atoms with Crippen molar-refractivity contribution in [2.75, 3.05) is 26.2 Å². The Morgan fingerprint density at radius 3 is 2.60 bits per heavy atom. The Morgan fingerprint density at radius 1 is 1.30 bits per heavy atom. The molecule has 1 aliphatic heterocycles. The molecule has 1 aliphatic rings. The summed E-state index contributed by atoms with van der Waals surface area (Å²) in [5.74, 6) is -0.282. The SMILES string of the molecule is O=CN1CCN(C(=S)NC(=O)c2cccc(Cl)c2)CC1. The third kappa shape index (κ3) is 3.68. The molecule has 1 fully saturated rings. The summed E-state index contributed by atoms with van der Waals surface area (Å²) in [6.07, 6.45) is 0.824. The van der Waals surface area contributed by atoms with Crippen LogP contribution in [0.3, 0.4) is 0 Å². The van der Waals surface area contributed by atoms with E-state index >= 15 is 0 Å². The zero-order valence-corrected chi connectivity index (χ0v) is 12.3. The van der Waals surface area contributed by atoms with Gasteiger partial charge in [0.05, 0.1) is 0 Å². The van der Waals surface area contributed by atoms with Gasteiger partial charge in [-0.25, -0.2) is 0 Å². The second-order valence-electron chi connectivity index (χ2n) is 4.40. The first-order valence-electron chi connectivity index (χ1n) is 6.15. The number of benzene rings is 1. The molecule has 2 rings (SSSR count). The fourth-order valence-electron chi connectivity index (χ4n) is 1.91. The molecule has 0 radical (unpaired) electrons. The highest BCUT2D eigenvalue weighted by atomic mass is 35.5. The Hall–Kier alpha value is -1.66. The smallest absolute Gasteiger partial charge is 0.257 e. The standard InChI is InChI=1S/C13H14ClN3O2S/c14-11-3-1-2-10(8-11)12(19)15-13(20)17-6-4-16(9-18)5-7-17/h1-3,8-9H,4-7H2,(H,15,19,20). The van der Waals surface area contributed by atoms with Crippen molar-refractivity contribution >= 4 is 41.2 Å². The summed E-state index contributed by atoms with van der Waals surface area (Å²) in [5.41, 5.74) is 0.464. The van der Waals surface area contributed by atoms with Crippen molar-refractivity contribution in [3.8, 4) is 0 Å². The van der Waals surface area contributed by atoms with Crippen LogP contribution in [-0.4, -0.2) is 53.4 Å². The zero-order chi connectivity index (χ0) is 14.5. The van der Waals surface area contributed by atoms with Gasteiger partial charge >= 0.3 is 0 Å². The fourth-order valence-corrected chi connectivity index (χ4v) is 2.37. The number of nitrogens with one attached hydrogen (secondary N) is 1. The van der Waals surface area contributed by atoms with Crippen molar-refractivity contribution in [1.29, 1.82) is 0 Å². The maximum Gasteiger partial charge on any atom is 0.257 e. The lowest BCUT2D eigenvalue weighted by atomic mass is 10.2. The van der Waals surface area contributed by atoms with Gasteiger partial charge in [0.25, 0.3) is 5.91 Å². The first kappa shape index (κ1) is 14.7. The van der Waals surface area contributed by atoms with Gasteiger partial charge in [-0.05, 0) is 30.4 Å². The van der Waals surface area contributed by atoms with Crippen LogP contribution < -0.4 is 5.32 Å². The highest BCUT2D eigenvalue weighted by Crippen LogP contribution is 2.10. The van der Waals surface area contributed by atoms with Crippen molar-refractivity contribution in [2.45, 2.75) is 0 Å². The van der Waals surface area contributed by atoms with Crippen LogP contribution in [0.1, 0.15) is 10.4 Å². The van der Waals surface area contributed by atoms with Crippen LogP contribution in [0.25, 0.3) is 0 Å². The number of carbonyl (C=O) groups excluding carboxylic acids is 2. The Kier molecular flexibility index (Phi) is 4.92.